The van der Waals surface area contributed by atoms with Crippen LogP contribution in [0, 0.1) is 0 Å². The van der Waals surface area contributed by atoms with Crippen molar-refractivity contribution in [2.45, 2.75) is 45.2 Å². The van der Waals surface area contributed by atoms with Gasteiger partial charge in [-0.1, -0.05) is 49.5 Å². The van der Waals surface area contributed by atoms with Gasteiger partial charge in [0, 0.05) is 36.4 Å². The summed E-state index contributed by atoms with van der Waals surface area (Å²) in [5.74, 6) is 0.518. The first kappa shape index (κ1) is 19.4. The first-order valence-corrected chi connectivity index (χ1v) is 10.7. The van der Waals surface area contributed by atoms with Crippen LogP contribution < -0.4 is 4.90 Å². The van der Waals surface area contributed by atoms with Gasteiger partial charge in [-0.2, -0.15) is 0 Å². The largest absolute Gasteiger partial charge is 0.378 e. The average Bonchev–Trinajstić information content (AvgIpc) is 2.71. The Hall–Kier alpha value is -1.91. The van der Waals surface area contributed by atoms with Crippen molar-refractivity contribution in [3.05, 3.63) is 65.2 Å². The number of thiocarbonyl (C=S) groups is 1. The predicted octanol–water partition coefficient (Wildman–Crippen LogP) is 4.99. The molecule has 4 heteroatoms. The number of fused-ring (bicyclic) bond motifs is 1. The monoisotopic (exact) mass is 394 g/mol. The number of hydrogen-bond acceptors (Lipinski definition) is 3. The number of rotatable bonds is 3. The zero-order valence-corrected chi connectivity index (χ0v) is 18.0. The fourth-order valence-corrected chi connectivity index (χ4v) is 4.95. The van der Waals surface area contributed by atoms with Crippen LogP contribution in [-0.2, 0) is 11.3 Å². The van der Waals surface area contributed by atoms with Crippen LogP contribution in [0.25, 0.3) is 0 Å². The second kappa shape index (κ2) is 7.84. The normalized spacial score (nSPS) is 21.3. The lowest BCUT2D eigenvalue weighted by molar-refractivity contribution is 0.0693. The van der Waals surface area contributed by atoms with Gasteiger partial charge < -0.3 is 14.5 Å². The van der Waals surface area contributed by atoms with Gasteiger partial charge in [-0.15, -0.1) is 0 Å². The average molecular weight is 395 g/mol. The highest BCUT2D eigenvalue weighted by molar-refractivity contribution is 7.80. The molecule has 2 aliphatic heterocycles. The minimum Gasteiger partial charge on any atom is -0.378 e. The van der Waals surface area contributed by atoms with Crippen LogP contribution in [0.5, 0.6) is 0 Å². The van der Waals surface area contributed by atoms with Crippen molar-refractivity contribution < 1.29 is 4.74 Å². The molecule has 0 unspecified atom stereocenters. The summed E-state index contributed by atoms with van der Waals surface area (Å²) in [5.41, 5.74) is 5.41. The molecule has 4 rings (SSSR count). The van der Waals surface area contributed by atoms with Gasteiger partial charge in [0.15, 0.2) is 0 Å². The third-order valence-corrected chi connectivity index (χ3v) is 6.61. The van der Waals surface area contributed by atoms with Gasteiger partial charge in [-0.3, -0.25) is 0 Å². The van der Waals surface area contributed by atoms with Crippen LogP contribution in [0.15, 0.2) is 48.5 Å². The van der Waals surface area contributed by atoms with Crippen LogP contribution in [0.1, 0.15) is 49.8 Å². The Morgan fingerprint density at radius 2 is 1.82 bits per heavy atom. The van der Waals surface area contributed by atoms with E-state index in [1.807, 2.05) is 0 Å². The van der Waals surface area contributed by atoms with Gasteiger partial charge in [0.25, 0.3) is 0 Å². The molecule has 2 aromatic carbocycles. The van der Waals surface area contributed by atoms with Gasteiger partial charge >= 0.3 is 0 Å². The molecule has 148 valence electrons. The molecule has 0 bridgehead atoms. The van der Waals surface area contributed by atoms with Crippen molar-refractivity contribution in [3.63, 3.8) is 0 Å². The molecule has 2 aliphatic rings. The molecule has 2 heterocycles. The first-order valence-electron chi connectivity index (χ1n) is 10.3. The maximum absolute atomic E-state index is 5.82. The van der Waals surface area contributed by atoms with E-state index in [9.17, 15) is 0 Å². The molecule has 0 aliphatic carbocycles. The number of hydrogen-bond donors (Lipinski definition) is 0. The molecule has 0 amide bonds. The highest BCUT2D eigenvalue weighted by Gasteiger charge is 2.36. The van der Waals surface area contributed by atoms with E-state index in [1.165, 1.54) is 22.4 Å². The molecular formula is C24H30N2OS. The van der Waals surface area contributed by atoms with E-state index in [-0.39, 0.29) is 5.54 Å². The van der Waals surface area contributed by atoms with Gasteiger partial charge in [0.05, 0.1) is 13.2 Å². The molecule has 0 radical (unpaired) electrons. The topological polar surface area (TPSA) is 15.7 Å². The zero-order chi connectivity index (χ0) is 19.7. The Bertz CT molecular complexity index is 843. The zero-order valence-electron chi connectivity index (χ0n) is 17.1. The summed E-state index contributed by atoms with van der Waals surface area (Å²) in [6.45, 7) is 11.3. The molecule has 1 atom stereocenters. The summed E-state index contributed by atoms with van der Waals surface area (Å²) in [6, 6.07) is 17.6. The van der Waals surface area contributed by atoms with E-state index in [2.05, 4.69) is 79.1 Å². The Morgan fingerprint density at radius 1 is 1.11 bits per heavy atom. The molecule has 2 aromatic rings. The second-order valence-electron chi connectivity index (χ2n) is 8.67. The fourth-order valence-electron chi connectivity index (χ4n) is 4.64. The second-order valence-corrected chi connectivity index (χ2v) is 9.05. The van der Waals surface area contributed by atoms with E-state index >= 15 is 0 Å². The number of benzene rings is 2. The number of anilines is 1. The minimum absolute atomic E-state index is 0.120. The Kier molecular flexibility index (Phi) is 5.44. The Labute approximate surface area is 174 Å². The highest BCUT2D eigenvalue weighted by atomic mass is 32.1. The molecular weight excluding hydrogens is 364 g/mol. The lowest BCUT2D eigenvalue weighted by Crippen LogP contribution is -2.48. The van der Waals surface area contributed by atoms with Crippen molar-refractivity contribution >= 4 is 22.9 Å². The molecule has 3 nitrogen and oxygen atoms in total. The summed E-state index contributed by atoms with van der Waals surface area (Å²) in [4.78, 5) is 5.80. The quantitative estimate of drug-likeness (QED) is 0.682. The molecule has 0 aromatic heterocycles. The highest BCUT2D eigenvalue weighted by Crippen LogP contribution is 2.44. The van der Waals surface area contributed by atoms with Crippen molar-refractivity contribution in [2.75, 3.05) is 31.2 Å². The molecule has 0 saturated carbocycles. The van der Waals surface area contributed by atoms with Crippen molar-refractivity contribution in [1.29, 1.82) is 0 Å². The predicted molar refractivity (Wildman–Crippen MR) is 120 cm³/mol. The molecule has 28 heavy (non-hydrogen) atoms. The number of ether oxygens (including phenoxy) is 1. The van der Waals surface area contributed by atoms with E-state index in [4.69, 9.17) is 17.0 Å². The van der Waals surface area contributed by atoms with Crippen LogP contribution in [0.2, 0.25) is 0 Å². The van der Waals surface area contributed by atoms with Crippen LogP contribution >= 0.6 is 12.2 Å². The summed E-state index contributed by atoms with van der Waals surface area (Å²) < 4.78 is 5.48. The smallest absolute Gasteiger partial charge is 0.109 e. The van der Waals surface area contributed by atoms with E-state index in [0.717, 1.165) is 44.3 Å². The summed E-state index contributed by atoms with van der Waals surface area (Å²) in [7, 11) is 0. The maximum Gasteiger partial charge on any atom is 0.109 e. The molecule has 1 saturated heterocycles. The summed E-state index contributed by atoms with van der Waals surface area (Å²) >= 11 is 5.82. The molecule has 0 spiro atoms. The molecule has 0 N–H and O–H groups in total. The SMILES string of the molecule is C[C@@H]1CC(C)(C)N(Cc2ccccc2)c2ccc(C(=S)N3CCOCC3)cc21. The van der Waals surface area contributed by atoms with E-state index < -0.39 is 0 Å². The van der Waals surface area contributed by atoms with Crippen LogP contribution in [-0.4, -0.2) is 41.7 Å². The van der Waals surface area contributed by atoms with Crippen molar-refractivity contribution in [1.82, 2.24) is 4.90 Å². The molecule has 1 fully saturated rings. The Balaban J connectivity index is 1.66. The lowest BCUT2D eigenvalue weighted by Gasteiger charge is -2.48. The Morgan fingerprint density at radius 3 is 2.54 bits per heavy atom. The van der Waals surface area contributed by atoms with Gasteiger partial charge in [-0.25, -0.2) is 0 Å². The summed E-state index contributed by atoms with van der Waals surface area (Å²) in [6.07, 6.45) is 1.14. The van der Waals surface area contributed by atoms with E-state index in [0.29, 0.717) is 5.92 Å². The van der Waals surface area contributed by atoms with Crippen molar-refractivity contribution in [3.8, 4) is 0 Å². The van der Waals surface area contributed by atoms with E-state index in [1.54, 1.807) is 0 Å². The van der Waals surface area contributed by atoms with Crippen LogP contribution in [0.3, 0.4) is 0 Å². The lowest BCUT2D eigenvalue weighted by atomic mass is 9.79. The third kappa shape index (κ3) is 3.81. The number of nitrogens with zero attached hydrogens (tertiary/aromatic N) is 2. The standard InChI is InChI=1S/C24H30N2OS/c1-18-16-24(2,3)26(17-19-7-5-4-6-8-19)22-10-9-20(15-21(18)22)23(28)25-11-13-27-14-12-25/h4-10,15,18H,11-14,16-17H2,1-3H3/t18-/m1/s1. The first-order chi connectivity index (χ1) is 13.5. The van der Waals surface area contributed by atoms with Gasteiger partial charge in [0.1, 0.15) is 4.99 Å². The van der Waals surface area contributed by atoms with Crippen molar-refractivity contribution in [2.24, 2.45) is 0 Å². The minimum atomic E-state index is 0.120. The summed E-state index contributed by atoms with van der Waals surface area (Å²) in [5, 5.41) is 0. The number of morpholine rings is 1. The van der Waals surface area contributed by atoms with Gasteiger partial charge in [-0.05, 0) is 55.5 Å². The maximum atomic E-state index is 5.82. The fraction of sp³-hybridized carbons (Fsp3) is 0.458. The third-order valence-electron chi connectivity index (χ3n) is 6.11. The van der Waals surface area contributed by atoms with Gasteiger partial charge in [0.2, 0.25) is 0 Å². The van der Waals surface area contributed by atoms with Crippen LogP contribution in [0.4, 0.5) is 5.69 Å².